The van der Waals surface area contributed by atoms with Gasteiger partial charge in [-0.1, -0.05) is 18.2 Å². The Hall–Kier alpha value is -2.40. The molecule has 0 aliphatic heterocycles. The lowest BCUT2D eigenvalue weighted by atomic mass is 10.1. The lowest BCUT2D eigenvalue weighted by Crippen LogP contribution is -2.12. The SMILES string of the molecule is Cc1cccc(N(C)c2ccc([C@@H](C)O)cc2[N+](=O)[O-])c1. The third-order valence-electron chi connectivity index (χ3n) is 3.43. The van der Waals surface area contributed by atoms with Gasteiger partial charge in [-0.3, -0.25) is 10.1 Å². The van der Waals surface area contributed by atoms with Crippen LogP contribution in [0.4, 0.5) is 17.1 Å². The van der Waals surface area contributed by atoms with Crippen molar-refractivity contribution in [2.24, 2.45) is 0 Å². The zero-order valence-electron chi connectivity index (χ0n) is 12.3. The smallest absolute Gasteiger partial charge is 0.293 e. The Morgan fingerprint density at radius 1 is 1.24 bits per heavy atom. The van der Waals surface area contributed by atoms with E-state index in [1.165, 1.54) is 6.07 Å². The minimum atomic E-state index is -0.734. The van der Waals surface area contributed by atoms with Crippen LogP contribution in [-0.4, -0.2) is 17.1 Å². The fraction of sp³-hybridized carbons (Fsp3) is 0.250. The standard InChI is InChI=1S/C16H18N2O3/c1-11-5-4-6-14(9-11)17(3)15-8-7-13(12(2)19)10-16(15)18(20)21/h4-10,12,19H,1-3H3/t12-/m1/s1. The Balaban J connectivity index is 2.50. The van der Waals surface area contributed by atoms with Crippen molar-refractivity contribution in [2.75, 3.05) is 11.9 Å². The number of hydrogen-bond acceptors (Lipinski definition) is 4. The van der Waals surface area contributed by atoms with Crippen molar-refractivity contribution in [3.05, 3.63) is 63.7 Å². The highest BCUT2D eigenvalue weighted by Gasteiger charge is 2.20. The lowest BCUT2D eigenvalue weighted by molar-refractivity contribution is -0.384. The van der Waals surface area contributed by atoms with Gasteiger partial charge in [-0.2, -0.15) is 0 Å². The van der Waals surface area contributed by atoms with E-state index in [1.54, 1.807) is 31.0 Å². The van der Waals surface area contributed by atoms with E-state index in [-0.39, 0.29) is 5.69 Å². The van der Waals surface area contributed by atoms with Crippen LogP contribution < -0.4 is 4.90 Å². The van der Waals surface area contributed by atoms with Crippen LogP contribution >= 0.6 is 0 Å². The fourth-order valence-corrected chi connectivity index (χ4v) is 2.21. The van der Waals surface area contributed by atoms with E-state index in [0.29, 0.717) is 11.3 Å². The monoisotopic (exact) mass is 286 g/mol. The van der Waals surface area contributed by atoms with Crippen LogP contribution in [0.25, 0.3) is 0 Å². The minimum absolute atomic E-state index is 0.0163. The summed E-state index contributed by atoms with van der Waals surface area (Å²) in [5.41, 5.74) is 2.97. The summed E-state index contributed by atoms with van der Waals surface area (Å²) in [5, 5.41) is 20.9. The zero-order chi connectivity index (χ0) is 15.6. The maximum Gasteiger partial charge on any atom is 0.293 e. The summed E-state index contributed by atoms with van der Waals surface area (Å²) in [6.07, 6.45) is -0.734. The van der Waals surface area contributed by atoms with E-state index in [9.17, 15) is 15.2 Å². The number of aliphatic hydroxyl groups is 1. The number of hydrogen-bond donors (Lipinski definition) is 1. The van der Waals surface area contributed by atoms with E-state index < -0.39 is 11.0 Å². The topological polar surface area (TPSA) is 66.6 Å². The number of nitrogens with zero attached hydrogens (tertiary/aromatic N) is 2. The van der Waals surface area contributed by atoms with Gasteiger partial charge in [-0.15, -0.1) is 0 Å². The van der Waals surface area contributed by atoms with E-state index >= 15 is 0 Å². The second kappa shape index (κ2) is 5.93. The van der Waals surface area contributed by atoms with E-state index in [4.69, 9.17) is 0 Å². The molecule has 0 radical (unpaired) electrons. The molecule has 0 fully saturated rings. The molecule has 5 heteroatoms. The molecule has 2 aromatic carbocycles. The summed E-state index contributed by atoms with van der Waals surface area (Å²) >= 11 is 0. The molecule has 0 aliphatic carbocycles. The summed E-state index contributed by atoms with van der Waals surface area (Å²) in [5.74, 6) is 0. The first-order valence-electron chi connectivity index (χ1n) is 6.67. The highest BCUT2D eigenvalue weighted by Crippen LogP contribution is 2.34. The van der Waals surface area contributed by atoms with Crippen LogP contribution in [0, 0.1) is 17.0 Å². The Bertz CT molecular complexity index is 668. The predicted octanol–water partition coefficient (Wildman–Crippen LogP) is 3.72. The third-order valence-corrected chi connectivity index (χ3v) is 3.43. The first kappa shape index (κ1) is 15.0. The van der Waals surface area contributed by atoms with Crippen LogP contribution in [0.15, 0.2) is 42.5 Å². The van der Waals surface area contributed by atoms with Crippen LogP contribution in [0.2, 0.25) is 0 Å². The van der Waals surface area contributed by atoms with Crippen molar-refractivity contribution in [3.8, 4) is 0 Å². The second-order valence-corrected chi connectivity index (χ2v) is 5.08. The van der Waals surface area contributed by atoms with Crippen molar-refractivity contribution in [2.45, 2.75) is 20.0 Å². The van der Waals surface area contributed by atoms with Crippen LogP contribution in [0.3, 0.4) is 0 Å². The van der Waals surface area contributed by atoms with E-state index in [2.05, 4.69) is 0 Å². The quantitative estimate of drug-likeness (QED) is 0.687. The van der Waals surface area contributed by atoms with Gasteiger partial charge in [0.05, 0.1) is 11.0 Å². The normalized spacial score (nSPS) is 12.0. The van der Waals surface area contributed by atoms with Gasteiger partial charge in [-0.25, -0.2) is 0 Å². The maximum absolute atomic E-state index is 11.3. The number of nitro groups is 1. The van der Waals surface area contributed by atoms with Gasteiger partial charge in [0, 0.05) is 18.8 Å². The van der Waals surface area contributed by atoms with Gasteiger partial charge in [-0.05, 0) is 43.2 Å². The predicted molar refractivity (Wildman–Crippen MR) is 83.0 cm³/mol. The first-order chi connectivity index (χ1) is 9.90. The molecule has 0 spiro atoms. The van der Waals surface area contributed by atoms with Crippen molar-refractivity contribution in [3.63, 3.8) is 0 Å². The molecule has 0 amide bonds. The minimum Gasteiger partial charge on any atom is -0.389 e. The van der Waals surface area contributed by atoms with Crippen molar-refractivity contribution in [1.82, 2.24) is 0 Å². The summed E-state index contributed by atoms with van der Waals surface area (Å²) in [7, 11) is 1.79. The van der Waals surface area contributed by atoms with Crippen LogP contribution in [0.1, 0.15) is 24.2 Å². The molecule has 21 heavy (non-hydrogen) atoms. The summed E-state index contributed by atoms with van der Waals surface area (Å²) in [6.45, 7) is 3.56. The fourth-order valence-electron chi connectivity index (χ4n) is 2.21. The number of aryl methyl sites for hydroxylation is 1. The molecule has 0 saturated carbocycles. The average Bonchev–Trinajstić information content (AvgIpc) is 2.45. The van der Waals surface area contributed by atoms with Gasteiger partial charge < -0.3 is 10.0 Å². The third kappa shape index (κ3) is 3.20. The molecule has 5 nitrogen and oxygen atoms in total. The lowest BCUT2D eigenvalue weighted by Gasteiger charge is -2.20. The van der Waals surface area contributed by atoms with Crippen molar-refractivity contribution in [1.29, 1.82) is 0 Å². The molecule has 0 saturated heterocycles. The molecule has 0 heterocycles. The highest BCUT2D eigenvalue weighted by molar-refractivity contribution is 5.72. The van der Waals surface area contributed by atoms with Gasteiger partial charge >= 0.3 is 0 Å². The highest BCUT2D eigenvalue weighted by atomic mass is 16.6. The summed E-state index contributed by atoms with van der Waals surface area (Å²) in [4.78, 5) is 12.6. The number of benzene rings is 2. The van der Waals surface area contributed by atoms with Crippen LogP contribution in [-0.2, 0) is 0 Å². The molecule has 110 valence electrons. The number of aliphatic hydroxyl groups excluding tert-OH is 1. The molecular weight excluding hydrogens is 268 g/mol. The average molecular weight is 286 g/mol. The summed E-state index contributed by atoms with van der Waals surface area (Å²) in [6, 6.07) is 12.6. The molecule has 0 aromatic heterocycles. The second-order valence-electron chi connectivity index (χ2n) is 5.08. The molecule has 1 N–H and O–H groups in total. The Labute approximate surface area is 123 Å². The molecule has 2 aromatic rings. The molecule has 2 rings (SSSR count). The molecular formula is C16H18N2O3. The molecule has 1 atom stereocenters. The number of anilines is 2. The van der Waals surface area contributed by atoms with Crippen LogP contribution in [0.5, 0.6) is 0 Å². The maximum atomic E-state index is 11.3. The van der Waals surface area contributed by atoms with Gasteiger partial charge in [0.1, 0.15) is 5.69 Å². The van der Waals surface area contributed by atoms with Gasteiger partial charge in [0.25, 0.3) is 5.69 Å². The Morgan fingerprint density at radius 3 is 2.52 bits per heavy atom. The summed E-state index contributed by atoms with van der Waals surface area (Å²) < 4.78 is 0. The Morgan fingerprint density at radius 2 is 1.95 bits per heavy atom. The van der Waals surface area contributed by atoms with Crippen molar-refractivity contribution >= 4 is 17.1 Å². The Kier molecular flexibility index (Phi) is 4.23. The molecule has 0 bridgehead atoms. The van der Waals surface area contributed by atoms with E-state index in [1.807, 2.05) is 31.2 Å². The van der Waals surface area contributed by atoms with Gasteiger partial charge in [0.15, 0.2) is 0 Å². The zero-order valence-corrected chi connectivity index (χ0v) is 12.3. The number of nitro benzene ring substituents is 1. The molecule has 0 aliphatic rings. The first-order valence-corrected chi connectivity index (χ1v) is 6.67. The van der Waals surface area contributed by atoms with Crippen molar-refractivity contribution < 1.29 is 10.0 Å². The number of rotatable bonds is 4. The molecule has 0 unspecified atom stereocenters. The van der Waals surface area contributed by atoms with Gasteiger partial charge in [0.2, 0.25) is 0 Å². The largest absolute Gasteiger partial charge is 0.389 e. The van der Waals surface area contributed by atoms with E-state index in [0.717, 1.165) is 11.3 Å².